The molecule has 68 valence electrons. The number of allylic oxidation sites excluding steroid dienone is 2. The van der Waals surface area contributed by atoms with Crippen molar-refractivity contribution in [3.8, 4) is 0 Å². The summed E-state index contributed by atoms with van der Waals surface area (Å²) in [7, 11) is 0. The molecule has 1 heterocycles. The highest BCUT2D eigenvalue weighted by Gasteiger charge is 2.40. The van der Waals surface area contributed by atoms with Crippen LogP contribution in [0.5, 0.6) is 0 Å². The van der Waals surface area contributed by atoms with Crippen LogP contribution in [0.4, 0.5) is 0 Å². The van der Waals surface area contributed by atoms with Crippen molar-refractivity contribution in [2.45, 2.75) is 45.6 Å². The Balaban J connectivity index is 2.24. The van der Waals surface area contributed by atoms with Crippen LogP contribution in [-0.2, 0) is 9.53 Å². The minimum absolute atomic E-state index is 0.0605. The van der Waals surface area contributed by atoms with Gasteiger partial charge in [0, 0.05) is 0 Å². The van der Waals surface area contributed by atoms with E-state index in [0.29, 0.717) is 6.42 Å². The Bertz CT molecular complexity index is 204. The molecule has 2 heteroatoms. The quantitative estimate of drug-likeness (QED) is 0.478. The van der Waals surface area contributed by atoms with Crippen molar-refractivity contribution in [1.29, 1.82) is 0 Å². The first-order valence-corrected chi connectivity index (χ1v) is 4.37. The lowest BCUT2D eigenvalue weighted by Gasteiger charge is -2.37. The molecule has 0 aromatic carbocycles. The third-order valence-electron chi connectivity index (χ3n) is 2.10. The summed E-state index contributed by atoms with van der Waals surface area (Å²) in [4.78, 5) is 10.6. The maximum atomic E-state index is 10.6. The fraction of sp³-hybridized carbons (Fsp3) is 0.700. The third kappa shape index (κ3) is 2.36. The Morgan fingerprint density at radius 3 is 2.67 bits per heavy atom. The molecule has 0 aromatic rings. The van der Waals surface area contributed by atoms with Gasteiger partial charge in [-0.3, -0.25) is 4.79 Å². The lowest BCUT2D eigenvalue weighted by atomic mass is 9.91. The average Bonchev–Trinajstić information content (AvgIpc) is 1.83. The lowest BCUT2D eigenvalue weighted by molar-refractivity contribution is -0.188. The first kappa shape index (κ1) is 9.30. The zero-order valence-electron chi connectivity index (χ0n) is 8.02. The van der Waals surface area contributed by atoms with E-state index in [1.54, 1.807) is 0 Å². The van der Waals surface area contributed by atoms with Crippen molar-refractivity contribution < 1.29 is 9.53 Å². The molecule has 1 aliphatic heterocycles. The predicted octanol–water partition coefficient (Wildman–Crippen LogP) is 2.44. The maximum absolute atomic E-state index is 10.6. The van der Waals surface area contributed by atoms with E-state index in [1.807, 2.05) is 6.92 Å². The number of hydrogen-bond donors (Lipinski definition) is 0. The summed E-state index contributed by atoms with van der Waals surface area (Å²) in [5.41, 5.74) is 1.16. The van der Waals surface area contributed by atoms with Crippen molar-refractivity contribution in [2.24, 2.45) is 0 Å². The van der Waals surface area contributed by atoms with Crippen LogP contribution in [0.2, 0.25) is 0 Å². The van der Waals surface area contributed by atoms with Gasteiger partial charge in [0.05, 0.1) is 6.42 Å². The van der Waals surface area contributed by atoms with Gasteiger partial charge < -0.3 is 4.74 Å². The number of ether oxygens (including phenoxy) is 1. The van der Waals surface area contributed by atoms with Crippen molar-refractivity contribution in [1.82, 2.24) is 0 Å². The normalized spacial score (nSPS) is 27.4. The molecule has 0 radical (unpaired) electrons. The Kier molecular flexibility index (Phi) is 2.55. The molecule has 0 spiro atoms. The van der Waals surface area contributed by atoms with Crippen LogP contribution in [0, 0.1) is 0 Å². The molecular weight excluding hydrogens is 152 g/mol. The molecule has 12 heavy (non-hydrogen) atoms. The molecule has 0 amide bonds. The van der Waals surface area contributed by atoms with Crippen molar-refractivity contribution >= 4 is 5.97 Å². The van der Waals surface area contributed by atoms with E-state index in [2.05, 4.69) is 19.9 Å². The number of carbonyl (C=O) groups is 1. The largest absolute Gasteiger partial charge is 0.459 e. The van der Waals surface area contributed by atoms with Crippen LogP contribution in [0.3, 0.4) is 0 Å². The molecule has 1 rings (SSSR count). The summed E-state index contributed by atoms with van der Waals surface area (Å²) in [6.07, 6.45) is 4.72. The standard InChI is InChI=1S/C10H16O2/c1-8(2)5-4-6-10(3)7-9(11)12-10/h5H,4,6-7H2,1-3H3. The molecule has 1 fully saturated rings. The van der Waals surface area contributed by atoms with Gasteiger partial charge in [0.15, 0.2) is 0 Å². The van der Waals surface area contributed by atoms with Gasteiger partial charge in [-0.1, -0.05) is 11.6 Å². The maximum Gasteiger partial charge on any atom is 0.310 e. The minimum atomic E-state index is -0.164. The number of esters is 1. The van der Waals surface area contributed by atoms with Gasteiger partial charge >= 0.3 is 5.97 Å². The zero-order chi connectivity index (χ0) is 9.19. The second-order valence-corrected chi connectivity index (χ2v) is 3.92. The molecule has 1 aliphatic rings. The van der Waals surface area contributed by atoms with Gasteiger partial charge in [0.25, 0.3) is 0 Å². The minimum Gasteiger partial charge on any atom is -0.459 e. The molecule has 2 nitrogen and oxygen atoms in total. The van der Waals surface area contributed by atoms with Crippen LogP contribution in [0.25, 0.3) is 0 Å². The van der Waals surface area contributed by atoms with Crippen LogP contribution in [0.1, 0.15) is 40.0 Å². The second kappa shape index (κ2) is 3.30. The predicted molar refractivity (Wildman–Crippen MR) is 47.8 cm³/mol. The first-order valence-electron chi connectivity index (χ1n) is 4.37. The van der Waals surface area contributed by atoms with Gasteiger partial charge in [-0.05, 0) is 33.6 Å². The number of carbonyl (C=O) groups excluding carboxylic acids is 1. The van der Waals surface area contributed by atoms with Crippen molar-refractivity contribution in [3.63, 3.8) is 0 Å². The van der Waals surface area contributed by atoms with E-state index in [-0.39, 0.29) is 11.6 Å². The summed E-state index contributed by atoms with van der Waals surface area (Å²) in [5.74, 6) is -0.0605. The summed E-state index contributed by atoms with van der Waals surface area (Å²) in [6, 6.07) is 0. The number of cyclic esters (lactones) is 1. The Hall–Kier alpha value is -0.790. The van der Waals surface area contributed by atoms with Crippen molar-refractivity contribution in [3.05, 3.63) is 11.6 Å². The monoisotopic (exact) mass is 168 g/mol. The summed E-state index contributed by atoms with van der Waals surface area (Å²) in [5, 5.41) is 0. The van der Waals surface area contributed by atoms with Gasteiger partial charge in [0.1, 0.15) is 5.60 Å². The Morgan fingerprint density at radius 2 is 2.25 bits per heavy atom. The fourth-order valence-corrected chi connectivity index (χ4v) is 1.38. The van der Waals surface area contributed by atoms with E-state index in [1.165, 1.54) is 5.57 Å². The van der Waals surface area contributed by atoms with Crippen LogP contribution < -0.4 is 0 Å². The van der Waals surface area contributed by atoms with E-state index in [0.717, 1.165) is 12.8 Å². The van der Waals surface area contributed by atoms with Crippen LogP contribution >= 0.6 is 0 Å². The molecule has 0 N–H and O–H groups in total. The molecule has 1 unspecified atom stereocenters. The third-order valence-corrected chi connectivity index (χ3v) is 2.10. The number of hydrogen-bond acceptors (Lipinski definition) is 2. The van der Waals surface area contributed by atoms with Gasteiger partial charge in [-0.15, -0.1) is 0 Å². The number of rotatable bonds is 3. The second-order valence-electron chi connectivity index (χ2n) is 3.92. The molecular formula is C10H16O2. The van der Waals surface area contributed by atoms with Crippen LogP contribution in [0.15, 0.2) is 11.6 Å². The summed E-state index contributed by atoms with van der Waals surface area (Å²) in [6.45, 7) is 6.15. The molecule has 0 saturated carbocycles. The zero-order valence-corrected chi connectivity index (χ0v) is 8.02. The van der Waals surface area contributed by atoms with Gasteiger partial charge in [-0.2, -0.15) is 0 Å². The van der Waals surface area contributed by atoms with E-state index in [9.17, 15) is 4.79 Å². The average molecular weight is 168 g/mol. The highest BCUT2D eigenvalue weighted by atomic mass is 16.6. The molecule has 1 atom stereocenters. The molecule has 0 bridgehead atoms. The molecule has 0 aliphatic carbocycles. The topological polar surface area (TPSA) is 26.3 Å². The fourth-order valence-electron chi connectivity index (χ4n) is 1.38. The SMILES string of the molecule is CC(C)=CCCC1(C)CC(=O)O1. The van der Waals surface area contributed by atoms with E-state index >= 15 is 0 Å². The van der Waals surface area contributed by atoms with Crippen LogP contribution in [-0.4, -0.2) is 11.6 Å². The van der Waals surface area contributed by atoms with Crippen molar-refractivity contribution in [2.75, 3.05) is 0 Å². The van der Waals surface area contributed by atoms with E-state index in [4.69, 9.17) is 4.74 Å². The Morgan fingerprint density at radius 1 is 1.67 bits per heavy atom. The van der Waals surface area contributed by atoms with Gasteiger partial charge in [0.2, 0.25) is 0 Å². The van der Waals surface area contributed by atoms with Gasteiger partial charge in [-0.25, -0.2) is 0 Å². The highest BCUT2D eigenvalue weighted by Crippen LogP contribution is 2.31. The summed E-state index contributed by atoms with van der Waals surface area (Å²) >= 11 is 0. The van der Waals surface area contributed by atoms with E-state index < -0.39 is 0 Å². The molecule has 0 aromatic heterocycles. The first-order chi connectivity index (χ1) is 5.52. The summed E-state index contributed by atoms with van der Waals surface area (Å²) < 4.78 is 5.04. The lowest BCUT2D eigenvalue weighted by Crippen LogP contribution is -2.44. The highest BCUT2D eigenvalue weighted by molar-refractivity contribution is 5.76. The smallest absolute Gasteiger partial charge is 0.310 e. The Labute approximate surface area is 73.6 Å². The molecule has 1 saturated heterocycles.